The van der Waals surface area contributed by atoms with E-state index in [0.717, 1.165) is 5.69 Å². The van der Waals surface area contributed by atoms with Gasteiger partial charge in [-0.25, -0.2) is 9.37 Å². The fraction of sp³-hybridized carbons (Fsp3) is 0.105. The zero-order chi connectivity index (χ0) is 17.8. The standard InChI is InChI=1S/C19H14FN3O2/c1-12-7-15(9-18(24)22-12)17-3-2-4-19(23-17)25-11-14-6-5-13(10-21)8-16(14)20/h2-9H,11H2,1H3,(H,22,24). The molecule has 124 valence electrons. The van der Waals surface area contributed by atoms with Crippen LogP contribution < -0.4 is 10.3 Å². The average molecular weight is 335 g/mol. The van der Waals surface area contributed by atoms with Crippen molar-refractivity contribution in [3.8, 4) is 23.2 Å². The number of benzene rings is 1. The van der Waals surface area contributed by atoms with Crippen LogP contribution in [-0.4, -0.2) is 9.97 Å². The van der Waals surface area contributed by atoms with Crippen LogP contribution in [0.1, 0.15) is 16.8 Å². The van der Waals surface area contributed by atoms with Crippen molar-refractivity contribution in [1.82, 2.24) is 9.97 Å². The van der Waals surface area contributed by atoms with E-state index in [0.29, 0.717) is 22.7 Å². The Morgan fingerprint density at radius 1 is 1.24 bits per heavy atom. The average Bonchev–Trinajstić information content (AvgIpc) is 2.60. The molecule has 0 saturated heterocycles. The normalized spacial score (nSPS) is 10.3. The zero-order valence-corrected chi connectivity index (χ0v) is 13.4. The van der Waals surface area contributed by atoms with E-state index in [1.807, 2.05) is 12.1 Å². The first-order chi connectivity index (χ1) is 12.0. The lowest BCUT2D eigenvalue weighted by Crippen LogP contribution is -2.06. The van der Waals surface area contributed by atoms with Crippen LogP contribution >= 0.6 is 0 Å². The van der Waals surface area contributed by atoms with Gasteiger partial charge in [0.2, 0.25) is 11.4 Å². The number of ether oxygens (including phenoxy) is 1. The number of aromatic nitrogens is 2. The molecule has 0 bridgehead atoms. The molecule has 0 aliphatic rings. The number of aryl methyl sites for hydroxylation is 1. The summed E-state index contributed by atoms with van der Waals surface area (Å²) in [6.07, 6.45) is 0. The van der Waals surface area contributed by atoms with Gasteiger partial charge in [-0.15, -0.1) is 0 Å². The zero-order valence-electron chi connectivity index (χ0n) is 13.4. The van der Waals surface area contributed by atoms with Crippen molar-refractivity contribution in [2.75, 3.05) is 0 Å². The van der Waals surface area contributed by atoms with Gasteiger partial charge in [-0.3, -0.25) is 4.79 Å². The monoisotopic (exact) mass is 335 g/mol. The van der Waals surface area contributed by atoms with E-state index in [1.54, 1.807) is 25.1 Å². The van der Waals surface area contributed by atoms with Crippen LogP contribution in [0.3, 0.4) is 0 Å². The van der Waals surface area contributed by atoms with Crippen molar-refractivity contribution in [3.05, 3.63) is 81.5 Å². The summed E-state index contributed by atoms with van der Waals surface area (Å²) >= 11 is 0. The van der Waals surface area contributed by atoms with Crippen molar-refractivity contribution in [2.45, 2.75) is 13.5 Å². The first-order valence-electron chi connectivity index (χ1n) is 7.55. The SMILES string of the molecule is Cc1cc(-c2cccc(OCc3ccc(C#N)cc3F)n2)cc(=O)[nH]1. The Kier molecular flexibility index (Phi) is 4.57. The molecule has 6 heteroatoms. The highest BCUT2D eigenvalue weighted by molar-refractivity contribution is 5.59. The Labute approximate surface area is 143 Å². The molecular weight excluding hydrogens is 321 g/mol. The van der Waals surface area contributed by atoms with Crippen molar-refractivity contribution in [3.63, 3.8) is 0 Å². The van der Waals surface area contributed by atoms with E-state index >= 15 is 0 Å². The second kappa shape index (κ2) is 6.97. The number of rotatable bonds is 4. The van der Waals surface area contributed by atoms with Crippen molar-refractivity contribution in [1.29, 1.82) is 5.26 Å². The van der Waals surface area contributed by atoms with Crippen molar-refractivity contribution < 1.29 is 9.13 Å². The molecule has 2 aromatic heterocycles. The van der Waals surface area contributed by atoms with Crippen LogP contribution in [0.25, 0.3) is 11.3 Å². The smallest absolute Gasteiger partial charge is 0.248 e. The number of hydrogen-bond acceptors (Lipinski definition) is 4. The maximum absolute atomic E-state index is 13.9. The van der Waals surface area contributed by atoms with Gasteiger partial charge in [-0.05, 0) is 31.2 Å². The molecule has 0 unspecified atom stereocenters. The van der Waals surface area contributed by atoms with Crippen LogP contribution in [0.5, 0.6) is 5.88 Å². The summed E-state index contributed by atoms with van der Waals surface area (Å²) < 4.78 is 19.4. The molecule has 3 aromatic rings. The van der Waals surface area contributed by atoms with E-state index in [9.17, 15) is 9.18 Å². The lowest BCUT2D eigenvalue weighted by atomic mass is 10.1. The summed E-state index contributed by atoms with van der Waals surface area (Å²) in [5.41, 5.74) is 2.38. The highest BCUT2D eigenvalue weighted by atomic mass is 19.1. The molecule has 1 N–H and O–H groups in total. The molecule has 2 heterocycles. The predicted molar refractivity (Wildman–Crippen MR) is 90.5 cm³/mol. The first kappa shape index (κ1) is 16.4. The number of halogens is 1. The van der Waals surface area contributed by atoms with Crippen LogP contribution in [0.4, 0.5) is 4.39 Å². The number of H-pyrrole nitrogens is 1. The molecule has 1 aromatic carbocycles. The van der Waals surface area contributed by atoms with E-state index in [2.05, 4.69) is 9.97 Å². The van der Waals surface area contributed by atoms with Gasteiger partial charge in [0.1, 0.15) is 12.4 Å². The molecule has 0 aliphatic carbocycles. The maximum atomic E-state index is 13.9. The van der Waals surface area contributed by atoms with E-state index in [4.69, 9.17) is 10.00 Å². The quantitative estimate of drug-likeness (QED) is 0.793. The van der Waals surface area contributed by atoms with E-state index < -0.39 is 5.82 Å². The molecule has 0 saturated carbocycles. The van der Waals surface area contributed by atoms with Gasteiger partial charge in [0.05, 0.1) is 17.3 Å². The number of pyridine rings is 2. The van der Waals surface area contributed by atoms with Gasteiger partial charge >= 0.3 is 0 Å². The maximum Gasteiger partial charge on any atom is 0.248 e. The van der Waals surface area contributed by atoms with Gasteiger partial charge in [-0.2, -0.15) is 5.26 Å². The lowest BCUT2D eigenvalue weighted by molar-refractivity contribution is 0.288. The Hall–Kier alpha value is -3.46. The Bertz CT molecular complexity index is 1020. The van der Waals surface area contributed by atoms with Gasteiger partial charge in [0.15, 0.2) is 0 Å². The summed E-state index contributed by atoms with van der Waals surface area (Å²) in [6, 6.07) is 14.5. The highest BCUT2D eigenvalue weighted by Crippen LogP contribution is 2.20. The third-order valence-corrected chi connectivity index (χ3v) is 3.56. The van der Waals surface area contributed by atoms with Crippen LogP contribution in [-0.2, 0) is 6.61 Å². The van der Waals surface area contributed by atoms with Gasteiger partial charge in [-0.1, -0.05) is 12.1 Å². The Morgan fingerprint density at radius 3 is 2.80 bits per heavy atom. The Morgan fingerprint density at radius 2 is 2.08 bits per heavy atom. The fourth-order valence-corrected chi connectivity index (χ4v) is 2.37. The van der Waals surface area contributed by atoms with E-state index in [1.165, 1.54) is 24.3 Å². The number of nitrogens with one attached hydrogen (secondary N) is 1. The predicted octanol–water partition coefficient (Wildman–Crippen LogP) is 3.34. The van der Waals surface area contributed by atoms with Crippen molar-refractivity contribution >= 4 is 0 Å². The third-order valence-electron chi connectivity index (χ3n) is 3.56. The number of hydrogen-bond donors (Lipinski definition) is 1. The lowest BCUT2D eigenvalue weighted by Gasteiger charge is -2.08. The highest BCUT2D eigenvalue weighted by Gasteiger charge is 2.07. The molecular formula is C19H14FN3O2. The fourth-order valence-electron chi connectivity index (χ4n) is 2.37. The van der Waals surface area contributed by atoms with Gasteiger partial charge < -0.3 is 9.72 Å². The number of aromatic amines is 1. The van der Waals surface area contributed by atoms with Crippen molar-refractivity contribution in [2.24, 2.45) is 0 Å². The van der Waals surface area contributed by atoms with Crippen LogP contribution in [0.2, 0.25) is 0 Å². The summed E-state index contributed by atoms with van der Waals surface area (Å²) in [6.45, 7) is 1.78. The molecule has 25 heavy (non-hydrogen) atoms. The molecule has 0 spiro atoms. The largest absolute Gasteiger partial charge is 0.473 e. The number of nitriles is 1. The first-order valence-corrected chi connectivity index (χ1v) is 7.55. The minimum Gasteiger partial charge on any atom is -0.473 e. The summed E-state index contributed by atoms with van der Waals surface area (Å²) in [5.74, 6) is -0.181. The van der Waals surface area contributed by atoms with Gasteiger partial charge in [0, 0.05) is 29.0 Å². The van der Waals surface area contributed by atoms with Crippen LogP contribution in [0.15, 0.2) is 53.3 Å². The second-order valence-corrected chi connectivity index (χ2v) is 5.48. The van der Waals surface area contributed by atoms with Crippen LogP contribution in [0, 0.1) is 24.1 Å². The number of nitrogens with zero attached hydrogens (tertiary/aromatic N) is 2. The summed E-state index contributed by atoms with van der Waals surface area (Å²) in [7, 11) is 0. The second-order valence-electron chi connectivity index (χ2n) is 5.48. The van der Waals surface area contributed by atoms with E-state index in [-0.39, 0.29) is 17.7 Å². The molecule has 0 radical (unpaired) electrons. The molecule has 0 fully saturated rings. The summed E-state index contributed by atoms with van der Waals surface area (Å²) in [5, 5.41) is 8.76. The third kappa shape index (κ3) is 3.90. The molecule has 0 atom stereocenters. The van der Waals surface area contributed by atoms with Gasteiger partial charge in [0.25, 0.3) is 0 Å². The molecule has 5 nitrogen and oxygen atoms in total. The minimum absolute atomic E-state index is 0.0115. The Balaban J connectivity index is 1.80. The molecule has 0 aliphatic heterocycles. The molecule has 3 rings (SSSR count). The topological polar surface area (TPSA) is 78.8 Å². The summed E-state index contributed by atoms with van der Waals surface area (Å²) in [4.78, 5) is 18.6. The minimum atomic E-state index is -0.500. The molecule has 0 amide bonds.